The van der Waals surface area contributed by atoms with Crippen molar-refractivity contribution in [1.29, 1.82) is 0 Å². The molecule has 0 radical (unpaired) electrons. The normalized spacial score (nSPS) is 28.8. The number of hydrogen-bond donors (Lipinski definition) is 6. The predicted molar refractivity (Wildman–Crippen MR) is 80.0 cm³/mol. The molecular formula is C14H20N4O4. The zero-order valence-electron chi connectivity index (χ0n) is 11.9. The van der Waals surface area contributed by atoms with Crippen LogP contribution in [0.15, 0.2) is 46.7 Å². The van der Waals surface area contributed by atoms with E-state index in [1.165, 1.54) is 0 Å². The van der Waals surface area contributed by atoms with Gasteiger partial charge in [-0.25, -0.2) is 0 Å². The molecule has 3 unspecified atom stereocenters. The van der Waals surface area contributed by atoms with Gasteiger partial charge in [-0.05, 0) is 17.7 Å². The lowest BCUT2D eigenvalue weighted by atomic mass is 9.95. The first-order valence-electron chi connectivity index (χ1n) is 6.73. The number of carbonyl (C=O) groups is 1. The third-order valence-electron chi connectivity index (χ3n) is 3.48. The molecule has 22 heavy (non-hydrogen) atoms. The van der Waals surface area contributed by atoms with Gasteiger partial charge in [0, 0.05) is 12.1 Å². The van der Waals surface area contributed by atoms with E-state index in [0.29, 0.717) is 11.3 Å². The summed E-state index contributed by atoms with van der Waals surface area (Å²) in [6.45, 7) is 0. The van der Waals surface area contributed by atoms with E-state index in [1.807, 2.05) is 0 Å². The quantitative estimate of drug-likeness (QED) is 0.395. The summed E-state index contributed by atoms with van der Waals surface area (Å²) in [5, 5.41) is 18.4. The molecule has 3 atom stereocenters. The second-order valence-corrected chi connectivity index (χ2v) is 5.33. The molecule has 0 aromatic heterocycles. The van der Waals surface area contributed by atoms with Crippen LogP contribution in [0.5, 0.6) is 0 Å². The number of nitrogens with two attached hydrogens (primary N) is 4. The van der Waals surface area contributed by atoms with Crippen LogP contribution in [-0.4, -0.2) is 34.4 Å². The van der Waals surface area contributed by atoms with Gasteiger partial charge in [0.25, 0.3) is 0 Å². The SMILES string of the molecule is NC1=CC(OC2C(N)=CC(CC(=O)O)=CC2N)CC(N)=C1O. The lowest BCUT2D eigenvalue weighted by molar-refractivity contribution is -0.136. The van der Waals surface area contributed by atoms with Gasteiger partial charge in [0.15, 0.2) is 5.76 Å². The standard InChI is InChI=1S/C14H20N4O4/c15-8-4-7(5-9(16)13(8)21)22-14-10(17)1-6(2-11(14)18)3-12(19)20/h1-2,4,7,10,14,21H,3,5,15-18H2,(H,19,20). The van der Waals surface area contributed by atoms with Gasteiger partial charge in [-0.1, -0.05) is 6.08 Å². The third-order valence-corrected chi connectivity index (χ3v) is 3.48. The maximum absolute atomic E-state index is 10.7. The van der Waals surface area contributed by atoms with Crippen molar-refractivity contribution < 1.29 is 19.7 Å². The molecule has 8 nitrogen and oxygen atoms in total. The van der Waals surface area contributed by atoms with Crippen molar-refractivity contribution in [2.24, 2.45) is 22.9 Å². The van der Waals surface area contributed by atoms with Crippen LogP contribution in [0.2, 0.25) is 0 Å². The van der Waals surface area contributed by atoms with Gasteiger partial charge in [-0.2, -0.15) is 0 Å². The van der Waals surface area contributed by atoms with Crippen molar-refractivity contribution in [1.82, 2.24) is 0 Å². The Kier molecular flexibility index (Phi) is 4.43. The second-order valence-electron chi connectivity index (χ2n) is 5.33. The van der Waals surface area contributed by atoms with Crippen LogP contribution in [0.1, 0.15) is 12.8 Å². The molecule has 120 valence electrons. The van der Waals surface area contributed by atoms with E-state index >= 15 is 0 Å². The van der Waals surface area contributed by atoms with Gasteiger partial charge in [-0.15, -0.1) is 0 Å². The largest absolute Gasteiger partial charge is 0.504 e. The van der Waals surface area contributed by atoms with Crippen molar-refractivity contribution in [2.45, 2.75) is 31.1 Å². The van der Waals surface area contributed by atoms with E-state index in [4.69, 9.17) is 32.8 Å². The van der Waals surface area contributed by atoms with Crippen LogP contribution in [0.4, 0.5) is 0 Å². The molecule has 0 bridgehead atoms. The first-order valence-corrected chi connectivity index (χ1v) is 6.73. The molecule has 0 aromatic rings. The Labute approximate surface area is 127 Å². The highest BCUT2D eigenvalue weighted by Gasteiger charge is 2.29. The first-order chi connectivity index (χ1) is 10.3. The topological polar surface area (TPSA) is 171 Å². The van der Waals surface area contributed by atoms with Crippen molar-refractivity contribution in [3.8, 4) is 0 Å². The minimum absolute atomic E-state index is 0.139. The number of aliphatic hydroxyl groups excluding tert-OH is 1. The Hall–Kier alpha value is -2.45. The molecule has 0 spiro atoms. The summed E-state index contributed by atoms with van der Waals surface area (Å²) in [5.74, 6) is -1.10. The predicted octanol–water partition coefficient (Wildman–Crippen LogP) is -0.701. The zero-order chi connectivity index (χ0) is 16.4. The van der Waals surface area contributed by atoms with Gasteiger partial charge in [0.2, 0.25) is 0 Å². The number of allylic oxidation sites excluding steroid dienone is 1. The maximum atomic E-state index is 10.7. The van der Waals surface area contributed by atoms with Gasteiger partial charge in [-0.3, -0.25) is 4.79 Å². The average molecular weight is 308 g/mol. The molecule has 2 aliphatic carbocycles. The van der Waals surface area contributed by atoms with Crippen LogP contribution in [0, 0.1) is 0 Å². The minimum atomic E-state index is -0.960. The summed E-state index contributed by atoms with van der Waals surface area (Å²) in [4.78, 5) is 10.7. The van der Waals surface area contributed by atoms with E-state index in [9.17, 15) is 9.90 Å². The summed E-state index contributed by atoms with van der Waals surface area (Å²) in [5.41, 5.74) is 24.5. The fourth-order valence-electron chi connectivity index (χ4n) is 2.47. The molecule has 10 N–H and O–H groups in total. The van der Waals surface area contributed by atoms with Crippen molar-refractivity contribution in [2.75, 3.05) is 0 Å². The summed E-state index contributed by atoms with van der Waals surface area (Å²) >= 11 is 0. The Morgan fingerprint density at radius 3 is 2.55 bits per heavy atom. The second kappa shape index (κ2) is 6.12. The number of ether oxygens (including phenoxy) is 1. The highest BCUT2D eigenvalue weighted by Crippen LogP contribution is 2.25. The van der Waals surface area contributed by atoms with Gasteiger partial charge in [0.1, 0.15) is 6.10 Å². The van der Waals surface area contributed by atoms with E-state index in [2.05, 4.69) is 0 Å². The summed E-state index contributed by atoms with van der Waals surface area (Å²) in [7, 11) is 0. The summed E-state index contributed by atoms with van der Waals surface area (Å²) in [6, 6.07) is -0.574. The van der Waals surface area contributed by atoms with Crippen LogP contribution in [-0.2, 0) is 9.53 Å². The molecule has 0 fully saturated rings. The number of aliphatic hydroxyl groups is 1. The average Bonchev–Trinajstić information content (AvgIpc) is 2.39. The zero-order valence-corrected chi connectivity index (χ0v) is 11.9. The van der Waals surface area contributed by atoms with Gasteiger partial charge in [0.05, 0.1) is 30.0 Å². The van der Waals surface area contributed by atoms with Gasteiger partial charge < -0.3 is 37.9 Å². The fraction of sp³-hybridized carbons (Fsp3) is 0.357. The molecule has 2 aliphatic rings. The molecule has 0 heterocycles. The number of rotatable bonds is 4. The monoisotopic (exact) mass is 308 g/mol. The lowest BCUT2D eigenvalue weighted by Crippen LogP contribution is -2.44. The molecule has 8 heteroatoms. The van der Waals surface area contributed by atoms with Crippen molar-refractivity contribution >= 4 is 5.97 Å². The molecule has 0 aliphatic heterocycles. The molecule has 0 saturated heterocycles. The number of carboxylic acid groups (broad SMARTS) is 1. The Morgan fingerprint density at radius 1 is 1.32 bits per heavy atom. The molecule has 0 saturated carbocycles. The van der Waals surface area contributed by atoms with E-state index in [1.54, 1.807) is 18.2 Å². The highest BCUT2D eigenvalue weighted by atomic mass is 16.5. The van der Waals surface area contributed by atoms with Crippen LogP contribution in [0.25, 0.3) is 0 Å². The fourth-order valence-corrected chi connectivity index (χ4v) is 2.47. The molecular weight excluding hydrogens is 288 g/mol. The number of carboxylic acids is 1. The van der Waals surface area contributed by atoms with Crippen molar-refractivity contribution in [3.05, 3.63) is 46.7 Å². The lowest BCUT2D eigenvalue weighted by Gasteiger charge is -2.31. The maximum Gasteiger partial charge on any atom is 0.307 e. The van der Waals surface area contributed by atoms with Gasteiger partial charge >= 0.3 is 5.97 Å². The third kappa shape index (κ3) is 3.41. The summed E-state index contributed by atoms with van der Waals surface area (Å²) < 4.78 is 5.81. The smallest absolute Gasteiger partial charge is 0.307 e. The van der Waals surface area contributed by atoms with Crippen molar-refractivity contribution in [3.63, 3.8) is 0 Å². The number of aliphatic carboxylic acids is 1. The Morgan fingerprint density at radius 2 is 2.00 bits per heavy atom. The van der Waals surface area contributed by atoms with Crippen LogP contribution >= 0.6 is 0 Å². The molecule has 0 aromatic carbocycles. The van der Waals surface area contributed by atoms with Crippen LogP contribution in [0.3, 0.4) is 0 Å². The van der Waals surface area contributed by atoms with Crippen LogP contribution < -0.4 is 22.9 Å². The summed E-state index contributed by atoms with van der Waals surface area (Å²) in [6.07, 6.45) is 3.75. The highest BCUT2D eigenvalue weighted by molar-refractivity contribution is 5.71. The molecule has 2 rings (SSSR count). The Bertz CT molecular complexity index is 606. The Balaban J connectivity index is 2.08. The van der Waals surface area contributed by atoms with E-state index in [-0.39, 0.29) is 30.0 Å². The molecule has 0 amide bonds. The van der Waals surface area contributed by atoms with E-state index < -0.39 is 24.2 Å². The number of hydrogen-bond acceptors (Lipinski definition) is 7. The first kappa shape index (κ1) is 15.9. The van der Waals surface area contributed by atoms with E-state index in [0.717, 1.165) is 0 Å². The minimum Gasteiger partial charge on any atom is -0.504 e.